The molecule has 0 spiro atoms. The molecule has 74 valence electrons. The lowest BCUT2D eigenvalue weighted by Gasteiger charge is -2.03. The van der Waals surface area contributed by atoms with Crippen molar-refractivity contribution in [3.63, 3.8) is 0 Å². The molecule has 0 heterocycles. The highest BCUT2D eigenvalue weighted by atomic mass is 16.5. The highest BCUT2D eigenvalue weighted by molar-refractivity contribution is 5.91. The molecule has 0 aromatic carbocycles. The van der Waals surface area contributed by atoms with Crippen molar-refractivity contribution in [1.29, 1.82) is 0 Å². The van der Waals surface area contributed by atoms with E-state index in [1.807, 2.05) is 0 Å². The Bertz CT molecular complexity index is 206. The molecule has 0 aliphatic heterocycles. The first kappa shape index (κ1) is 11.7. The van der Waals surface area contributed by atoms with E-state index in [0.29, 0.717) is 6.61 Å². The van der Waals surface area contributed by atoms with Crippen LogP contribution in [0.1, 0.15) is 20.8 Å². The Morgan fingerprint density at radius 1 is 1.23 bits per heavy atom. The predicted molar refractivity (Wildman–Crippen MR) is 47.0 cm³/mol. The maximum atomic E-state index is 10.8. The van der Waals surface area contributed by atoms with Gasteiger partial charge in [0.25, 0.3) is 0 Å². The zero-order valence-electron chi connectivity index (χ0n) is 8.07. The van der Waals surface area contributed by atoms with Crippen LogP contribution in [0.15, 0.2) is 12.2 Å². The van der Waals surface area contributed by atoms with Crippen molar-refractivity contribution in [2.45, 2.75) is 26.9 Å². The number of carbonyl (C=O) groups excluding carboxylic acids is 2. The zero-order valence-corrected chi connectivity index (χ0v) is 8.07. The third-order valence-corrected chi connectivity index (χ3v) is 0.994. The topological polar surface area (TPSA) is 52.6 Å². The second-order valence-corrected chi connectivity index (χ2v) is 2.57. The summed E-state index contributed by atoms with van der Waals surface area (Å²) in [6.07, 6.45) is 1.92. The lowest BCUT2D eigenvalue weighted by molar-refractivity contribution is -0.142. The number of hydrogen-bond donors (Lipinski definition) is 0. The molecule has 0 radical (unpaired) electrons. The summed E-state index contributed by atoms with van der Waals surface area (Å²) in [5.41, 5.74) is 0. The Morgan fingerprint density at radius 3 is 2.23 bits per heavy atom. The normalized spacial score (nSPS) is 10.5. The molecule has 0 saturated heterocycles. The third kappa shape index (κ3) is 7.05. The van der Waals surface area contributed by atoms with Gasteiger partial charge in [-0.1, -0.05) is 0 Å². The van der Waals surface area contributed by atoms with Gasteiger partial charge in [0.05, 0.1) is 12.7 Å². The molecule has 0 rings (SSSR count). The highest BCUT2D eigenvalue weighted by Gasteiger charge is 2.01. The molecule has 0 saturated carbocycles. The first-order valence-electron chi connectivity index (χ1n) is 4.11. The monoisotopic (exact) mass is 186 g/mol. The van der Waals surface area contributed by atoms with Crippen LogP contribution in [0, 0.1) is 0 Å². The first-order chi connectivity index (χ1) is 6.06. The third-order valence-electron chi connectivity index (χ3n) is 0.994. The quantitative estimate of drug-likeness (QED) is 0.486. The van der Waals surface area contributed by atoms with Crippen LogP contribution in [0.5, 0.6) is 0 Å². The fourth-order valence-corrected chi connectivity index (χ4v) is 0.598. The fraction of sp³-hybridized carbons (Fsp3) is 0.556. The number of carbonyl (C=O) groups is 2. The first-order valence-corrected chi connectivity index (χ1v) is 4.11. The molecule has 0 aromatic rings. The lowest BCUT2D eigenvalue weighted by atomic mass is 10.4. The van der Waals surface area contributed by atoms with E-state index in [9.17, 15) is 9.59 Å². The molecular weight excluding hydrogens is 172 g/mol. The van der Waals surface area contributed by atoms with Crippen LogP contribution >= 0.6 is 0 Å². The fourth-order valence-electron chi connectivity index (χ4n) is 0.598. The van der Waals surface area contributed by atoms with Crippen molar-refractivity contribution < 1.29 is 19.1 Å². The highest BCUT2D eigenvalue weighted by Crippen LogP contribution is 1.90. The van der Waals surface area contributed by atoms with E-state index in [0.717, 1.165) is 12.2 Å². The molecule has 0 aromatic heterocycles. The van der Waals surface area contributed by atoms with E-state index in [4.69, 9.17) is 4.74 Å². The largest absolute Gasteiger partial charge is 0.463 e. The van der Waals surface area contributed by atoms with Crippen LogP contribution in [-0.2, 0) is 19.1 Å². The summed E-state index contributed by atoms with van der Waals surface area (Å²) in [4.78, 5) is 21.6. The van der Waals surface area contributed by atoms with Crippen molar-refractivity contribution in [3.8, 4) is 0 Å². The van der Waals surface area contributed by atoms with Crippen molar-refractivity contribution in [2.24, 2.45) is 0 Å². The number of hydrogen-bond acceptors (Lipinski definition) is 4. The molecule has 0 aliphatic rings. The molecule has 0 bridgehead atoms. The lowest BCUT2D eigenvalue weighted by Crippen LogP contribution is -2.09. The molecule has 4 heteroatoms. The van der Waals surface area contributed by atoms with E-state index in [1.165, 1.54) is 0 Å². The van der Waals surface area contributed by atoms with Gasteiger partial charge in [-0.05, 0) is 20.8 Å². The van der Waals surface area contributed by atoms with Crippen molar-refractivity contribution in [3.05, 3.63) is 12.2 Å². The van der Waals surface area contributed by atoms with Gasteiger partial charge in [-0.3, -0.25) is 0 Å². The van der Waals surface area contributed by atoms with Gasteiger partial charge in [-0.2, -0.15) is 0 Å². The minimum atomic E-state index is -0.539. The molecule has 0 fully saturated rings. The Balaban J connectivity index is 3.83. The van der Waals surface area contributed by atoms with Crippen molar-refractivity contribution in [2.75, 3.05) is 6.61 Å². The van der Waals surface area contributed by atoms with Crippen LogP contribution in [0.25, 0.3) is 0 Å². The second kappa shape index (κ2) is 6.22. The van der Waals surface area contributed by atoms with Gasteiger partial charge in [0.15, 0.2) is 0 Å². The van der Waals surface area contributed by atoms with E-state index in [2.05, 4.69) is 4.74 Å². The van der Waals surface area contributed by atoms with Crippen molar-refractivity contribution >= 4 is 11.9 Å². The minimum Gasteiger partial charge on any atom is -0.463 e. The summed E-state index contributed by atoms with van der Waals surface area (Å²) in [5.74, 6) is -1.08. The van der Waals surface area contributed by atoms with E-state index >= 15 is 0 Å². The summed E-state index contributed by atoms with van der Waals surface area (Å²) >= 11 is 0. The molecule has 0 unspecified atom stereocenters. The summed E-state index contributed by atoms with van der Waals surface area (Å²) < 4.78 is 9.31. The minimum absolute atomic E-state index is 0.181. The molecule has 0 atom stereocenters. The van der Waals surface area contributed by atoms with Crippen molar-refractivity contribution in [1.82, 2.24) is 0 Å². The van der Waals surface area contributed by atoms with Gasteiger partial charge in [0.1, 0.15) is 0 Å². The summed E-state index contributed by atoms with van der Waals surface area (Å²) in [6, 6.07) is 0. The smallest absolute Gasteiger partial charge is 0.331 e. The molecular formula is C9H14O4. The molecule has 4 nitrogen and oxygen atoms in total. The van der Waals surface area contributed by atoms with Gasteiger partial charge < -0.3 is 9.47 Å². The predicted octanol–water partition coefficient (Wildman–Crippen LogP) is 1.06. The van der Waals surface area contributed by atoms with Gasteiger partial charge in [0.2, 0.25) is 0 Å². The van der Waals surface area contributed by atoms with Crippen LogP contribution in [0.4, 0.5) is 0 Å². The van der Waals surface area contributed by atoms with Gasteiger partial charge in [0, 0.05) is 12.2 Å². The van der Waals surface area contributed by atoms with Crippen LogP contribution in [-0.4, -0.2) is 24.6 Å². The Hall–Kier alpha value is -1.32. The molecule has 13 heavy (non-hydrogen) atoms. The number of ether oxygens (including phenoxy) is 2. The van der Waals surface area contributed by atoms with E-state index < -0.39 is 11.9 Å². The van der Waals surface area contributed by atoms with Gasteiger partial charge in [-0.15, -0.1) is 0 Å². The Kier molecular flexibility index (Phi) is 5.59. The van der Waals surface area contributed by atoms with E-state index in [1.54, 1.807) is 20.8 Å². The Morgan fingerprint density at radius 2 is 1.77 bits per heavy atom. The van der Waals surface area contributed by atoms with Crippen LogP contribution < -0.4 is 0 Å². The summed E-state index contributed by atoms with van der Waals surface area (Å²) in [6.45, 7) is 5.45. The van der Waals surface area contributed by atoms with Gasteiger partial charge >= 0.3 is 11.9 Å². The summed E-state index contributed by atoms with van der Waals surface area (Å²) in [7, 11) is 0. The second-order valence-electron chi connectivity index (χ2n) is 2.57. The maximum absolute atomic E-state index is 10.8. The Labute approximate surface area is 77.5 Å². The number of rotatable bonds is 4. The average molecular weight is 186 g/mol. The SMILES string of the molecule is CCOC(=O)/C=C\C(=O)OC(C)C. The zero-order chi connectivity index (χ0) is 10.3. The molecule has 0 aliphatic carbocycles. The standard InChI is InChI=1S/C9H14O4/c1-4-12-8(10)5-6-9(11)13-7(2)3/h5-7H,4H2,1-3H3/b6-5-. The average Bonchev–Trinajstić information content (AvgIpc) is 2.00. The molecule has 0 N–H and O–H groups in total. The number of esters is 2. The van der Waals surface area contributed by atoms with E-state index in [-0.39, 0.29) is 6.10 Å². The summed E-state index contributed by atoms with van der Waals surface area (Å²) in [5, 5.41) is 0. The van der Waals surface area contributed by atoms with Gasteiger partial charge in [-0.25, -0.2) is 9.59 Å². The maximum Gasteiger partial charge on any atom is 0.331 e. The van der Waals surface area contributed by atoms with Crippen LogP contribution in [0.3, 0.4) is 0 Å². The molecule has 0 amide bonds. The van der Waals surface area contributed by atoms with Crippen LogP contribution in [0.2, 0.25) is 0 Å².